The predicted molar refractivity (Wildman–Crippen MR) is 81.3 cm³/mol. The Balaban J connectivity index is 1.46. The van der Waals surface area contributed by atoms with Gasteiger partial charge in [-0.1, -0.05) is 24.3 Å². The SMILES string of the molecule is O=C(NN=C1Cc2ccccc2C1)c1ccc2c(c1)OCO2. The van der Waals surface area contributed by atoms with Gasteiger partial charge in [-0.05, 0) is 29.3 Å². The smallest absolute Gasteiger partial charge is 0.271 e. The van der Waals surface area contributed by atoms with E-state index in [0.29, 0.717) is 17.1 Å². The van der Waals surface area contributed by atoms with Gasteiger partial charge in [0.15, 0.2) is 11.5 Å². The quantitative estimate of drug-likeness (QED) is 0.865. The monoisotopic (exact) mass is 294 g/mol. The lowest BCUT2D eigenvalue weighted by Gasteiger charge is -2.02. The molecular weight excluding hydrogens is 280 g/mol. The molecular formula is C17H14N2O3. The molecule has 5 heteroatoms. The topological polar surface area (TPSA) is 59.9 Å². The molecule has 0 bridgehead atoms. The van der Waals surface area contributed by atoms with Crippen LogP contribution in [0.5, 0.6) is 11.5 Å². The van der Waals surface area contributed by atoms with Crippen LogP contribution in [0.1, 0.15) is 21.5 Å². The Kier molecular flexibility index (Phi) is 3.04. The number of rotatable bonds is 2. The summed E-state index contributed by atoms with van der Waals surface area (Å²) in [7, 11) is 0. The Labute approximate surface area is 127 Å². The standard InChI is InChI=1S/C17H14N2O3/c20-17(13-5-6-15-16(9-13)22-10-21-15)19-18-14-7-11-3-1-2-4-12(11)8-14/h1-6,9H,7-8,10H2,(H,19,20). The summed E-state index contributed by atoms with van der Waals surface area (Å²) in [5.74, 6) is 1.00. The maximum Gasteiger partial charge on any atom is 0.271 e. The van der Waals surface area contributed by atoms with Crippen LogP contribution in [0.4, 0.5) is 0 Å². The van der Waals surface area contributed by atoms with Crippen molar-refractivity contribution in [2.45, 2.75) is 12.8 Å². The fourth-order valence-electron chi connectivity index (χ4n) is 2.72. The van der Waals surface area contributed by atoms with Crippen molar-refractivity contribution in [2.75, 3.05) is 6.79 Å². The van der Waals surface area contributed by atoms with Gasteiger partial charge >= 0.3 is 0 Å². The molecule has 22 heavy (non-hydrogen) atoms. The van der Waals surface area contributed by atoms with Gasteiger partial charge in [-0.25, -0.2) is 5.43 Å². The molecule has 0 radical (unpaired) electrons. The molecule has 1 aliphatic carbocycles. The summed E-state index contributed by atoms with van der Waals surface area (Å²) in [5.41, 5.74) is 6.64. The minimum absolute atomic E-state index is 0.195. The average Bonchev–Trinajstić information content (AvgIpc) is 3.17. The molecule has 110 valence electrons. The number of ether oxygens (including phenoxy) is 2. The summed E-state index contributed by atoms with van der Waals surface area (Å²) in [4.78, 5) is 12.2. The van der Waals surface area contributed by atoms with Crippen molar-refractivity contribution in [1.82, 2.24) is 5.43 Å². The lowest BCUT2D eigenvalue weighted by atomic mass is 10.1. The third-order valence-corrected chi connectivity index (χ3v) is 3.86. The molecule has 0 fully saturated rings. The van der Waals surface area contributed by atoms with Crippen LogP contribution in [-0.4, -0.2) is 18.4 Å². The van der Waals surface area contributed by atoms with Crippen molar-refractivity contribution in [3.63, 3.8) is 0 Å². The van der Waals surface area contributed by atoms with Crippen LogP contribution in [0.15, 0.2) is 47.6 Å². The Hall–Kier alpha value is -2.82. The highest BCUT2D eigenvalue weighted by Gasteiger charge is 2.18. The van der Waals surface area contributed by atoms with Gasteiger partial charge in [0.2, 0.25) is 6.79 Å². The van der Waals surface area contributed by atoms with Gasteiger partial charge < -0.3 is 9.47 Å². The first-order chi connectivity index (χ1) is 10.8. The van der Waals surface area contributed by atoms with Crippen molar-refractivity contribution in [3.05, 3.63) is 59.2 Å². The second-order valence-electron chi connectivity index (χ2n) is 5.31. The zero-order valence-corrected chi connectivity index (χ0v) is 11.8. The Bertz CT molecular complexity index is 756. The second kappa shape index (κ2) is 5.18. The van der Waals surface area contributed by atoms with E-state index in [1.807, 2.05) is 12.1 Å². The van der Waals surface area contributed by atoms with Gasteiger partial charge in [0.1, 0.15) is 0 Å². The van der Waals surface area contributed by atoms with E-state index >= 15 is 0 Å². The van der Waals surface area contributed by atoms with Gasteiger partial charge in [-0.15, -0.1) is 0 Å². The number of nitrogens with zero attached hydrogens (tertiary/aromatic N) is 1. The summed E-state index contributed by atoms with van der Waals surface area (Å²) in [6.45, 7) is 0.195. The number of amides is 1. The summed E-state index contributed by atoms with van der Waals surface area (Å²) >= 11 is 0. The molecule has 1 aliphatic heterocycles. The van der Waals surface area contributed by atoms with Crippen LogP contribution >= 0.6 is 0 Å². The van der Waals surface area contributed by atoms with Crippen molar-refractivity contribution in [2.24, 2.45) is 5.10 Å². The zero-order valence-electron chi connectivity index (χ0n) is 11.8. The highest BCUT2D eigenvalue weighted by molar-refractivity contribution is 5.97. The molecule has 0 atom stereocenters. The summed E-state index contributed by atoms with van der Waals surface area (Å²) in [5, 5.41) is 4.25. The van der Waals surface area contributed by atoms with Crippen LogP contribution < -0.4 is 14.9 Å². The minimum atomic E-state index is -0.248. The van der Waals surface area contributed by atoms with Crippen molar-refractivity contribution in [3.8, 4) is 11.5 Å². The highest BCUT2D eigenvalue weighted by Crippen LogP contribution is 2.32. The van der Waals surface area contributed by atoms with Crippen LogP contribution in [0, 0.1) is 0 Å². The third kappa shape index (κ3) is 2.30. The number of hydrogen-bond acceptors (Lipinski definition) is 4. The van der Waals surface area contributed by atoms with Crippen molar-refractivity contribution < 1.29 is 14.3 Å². The number of hydrogen-bond donors (Lipinski definition) is 1. The molecule has 5 nitrogen and oxygen atoms in total. The molecule has 0 saturated heterocycles. The van der Waals surface area contributed by atoms with E-state index in [4.69, 9.17) is 9.47 Å². The summed E-state index contributed by atoms with van der Waals surface area (Å²) in [6.07, 6.45) is 1.58. The lowest BCUT2D eigenvalue weighted by Crippen LogP contribution is -2.19. The maximum atomic E-state index is 12.2. The van der Waals surface area contributed by atoms with E-state index in [9.17, 15) is 4.79 Å². The Morgan fingerprint density at radius 3 is 2.50 bits per heavy atom. The molecule has 2 aliphatic rings. The van der Waals surface area contributed by atoms with Gasteiger partial charge in [-0.3, -0.25) is 4.79 Å². The first-order valence-corrected chi connectivity index (χ1v) is 7.12. The van der Waals surface area contributed by atoms with E-state index in [1.54, 1.807) is 18.2 Å². The number of hydrazone groups is 1. The molecule has 0 aromatic heterocycles. The number of benzene rings is 2. The summed E-state index contributed by atoms with van der Waals surface area (Å²) in [6, 6.07) is 13.3. The van der Waals surface area contributed by atoms with Crippen LogP contribution in [-0.2, 0) is 12.8 Å². The molecule has 4 rings (SSSR count). The number of carbonyl (C=O) groups excluding carboxylic acids is 1. The van der Waals surface area contributed by atoms with Gasteiger partial charge in [0.05, 0.1) is 0 Å². The number of nitrogens with one attached hydrogen (secondary N) is 1. The summed E-state index contributed by atoms with van der Waals surface area (Å²) < 4.78 is 10.5. The van der Waals surface area contributed by atoms with E-state index in [2.05, 4.69) is 22.7 Å². The Morgan fingerprint density at radius 1 is 1.00 bits per heavy atom. The molecule has 0 unspecified atom stereocenters. The fourth-order valence-corrected chi connectivity index (χ4v) is 2.72. The van der Waals surface area contributed by atoms with Crippen LogP contribution in [0.2, 0.25) is 0 Å². The van der Waals surface area contributed by atoms with E-state index in [0.717, 1.165) is 18.6 Å². The largest absolute Gasteiger partial charge is 0.454 e. The zero-order chi connectivity index (χ0) is 14.9. The lowest BCUT2D eigenvalue weighted by molar-refractivity contribution is 0.0954. The minimum Gasteiger partial charge on any atom is -0.454 e. The Morgan fingerprint density at radius 2 is 1.73 bits per heavy atom. The van der Waals surface area contributed by atoms with E-state index in [1.165, 1.54) is 11.1 Å². The molecule has 2 aromatic rings. The van der Waals surface area contributed by atoms with Crippen molar-refractivity contribution >= 4 is 11.6 Å². The third-order valence-electron chi connectivity index (χ3n) is 3.86. The maximum absolute atomic E-state index is 12.2. The molecule has 1 amide bonds. The fraction of sp³-hybridized carbons (Fsp3) is 0.176. The van der Waals surface area contributed by atoms with E-state index < -0.39 is 0 Å². The van der Waals surface area contributed by atoms with Crippen LogP contribution in [0.25, 0.3) is 0 Å². The average molecular weight is 294 g/mol. The van der Waals surface area contributed by atoms with Gasteiger partial charge in [0, 0.05) is 24.1 Å². The predicted octanol–water partition coefficient (Wildman–Crippen LogP) is 2.30. The molecule has 1 N–H and O–H groups in total. The van der Waals surface area contributed by atoms with Crippen LogP contribution in [0.3, 0.4) is 0 Å². The van der Waals surface area contributed by atoms with Gasteiger partial charge in [0.25, 0.3) is 5.91 Å². The molecule has 0 spiro atoms. The number of fused-ring (bicyclic) bond motifs is 2. The first kappa shape index (κ1) is 12.9. The van der Waals surface area contributed by atoms with Crippen molar-refractivity contribution in [1.29, 1.82) is 0 Å². The normalized spacial score (nSPS) is 14.6. The van der Waals surface area contributed by atoms with Gasteiger partial charge in [-0.2, -0.15) is 5.10 Å². The number of carbonyl (C=O) groups is 1. The second-order valence-corrected chi connectivity index (χ2v) is 5.31. The highest BCUT2D eigenvalue weighted by atomic mass is 16.7. The molecule has 2 aromatic carbocycles. The van der Waals surface area contributed by atoms with E-state index in [-0.39, 0.29) is 12.7 Å². The molecule has 0 saturated carbocycles. The molecule has 1 heterocycles. The first-order valence-electron chi connectivity index (χ1n) is 7.12.